The van der Waals surface area contributed by atoms with Gasteiger partial charge in [-0.15, -0.1) is 0 Å². The molecule has 1 heterocycles. The molecule has 0 aliphatic carbocycles. The van der Waals surface area contributed by atoms with E-state index in [0.29, 0.717) is 12.1 Å². The molecule has 0 saturated carbocycles. The van der Waals surface area contributed by atoms with Gasteiger partial charge in [0, 0.05) is 37.2 Å². The third kappa shape index (κ3) is 3.06. The van der Waals surface area contributed by atoms with Crippen molar-refractivity contribution < 1.29 is 5.21 Å². The smallest absolute Gasteiger partial charge is 0.172 e. The molecule has 0 aliphatic rings. The molecule has 1 aromatic carbocycles. The topological polar surface area (TPSA) is 74.7 Å². The fourth-order valence-corrected chi connectivity index (χ4v) is 2.14. The van der Waals surface area contributed by atoms with E-state index in [1.165, 1.54) is 0 Å². The van der Waals surface area contributed by atoms with Gasteiger partial charge in [0.25, 0.3) is 0 Å². The normalized spacial score (nSPS) is 11.4. The number of aryl methyl sites for hydroxylation is 1. The first-order chi connectivity index (χ1) is 9.61. The van der Waals surface area contributed by atoms with Gasteiger partial charge in [0.05, 0.1) is 0 Å². The first kappa shape index (κ1) is 13.9. The first-order valence-electron chi connectivity index (χ1n) is 6.30. The lowest BCUT2D eigenvalue weighted by Gasteiger charge is -2.22. The molecule has 5 heteroatoms. The van der Waals surface area contributed by atoms with Crippen LogP contribution in [0.15, 0.2) is 47.9 Å². The van der Waals surface area contributed by atoms with Gasteiger partial charge in [-0.05, 0) is 30.2 Å². The molecule has 1 aromatic heterocycles. The zero-order valence-corrected chi connectivity index (χ0v) is 11.6. The maximum Gasteiger partial charge on any atom is 0.172 e. The summed E-state index contributed by atoms with van der Waals surface area (Å²) in [7, 11) is 1.96. The summed E-state index contributed by atoms with van der Waals surface area (Å²) in [5, 5.41) is 11.9. The molecule has 0 saturated heterocycles. The van der Waals surface area contributed by atoms with Crippen LogP contribution in [0, 0.1) is 6.92 Å². The van der Waals surface area contributed by atoms with E-state index in [1.807, 2.05) is 55.5 Å². The van der Waals surface area contributed by atoms with Crippen molar-refractivity contribution in [2.75, 3.05) is 11.9 Å². The zero-order chi connectivity index (χ0) is 14.5. The molecule has 2 aromatic rings. The molecule has 0 atom stereocenters. The van der Waals surface area contributed by atoms with Crippen LogP contribution in [0.3, 0.4) is 0 Å². The van der Waals surface area contributed by atoms with Crippen LogP contribution in [-0.4, -0.2) is 23.1 Å². The van der Waals surface area contributed by atoms with Crippen LogP contribution in [0.2, 0.25) is 0 Å². The van der Waals surface area contributed by atoms with Gasteiger partial charge in [0.1, 0.15) is 0 Å². The van der Waals surface area contributed by atoms with Crippen LogP contribution in [-0.2, 0) is 6.54 Å². The lowest BCUT2D eigenvalue weighted by atomic mass is 10.1. The Hall–Kier alpha value is -2.56. The Labute approximate surface area is 118 Å². The monoisotopic (exact) mass is 270 g/mol. The standard InChI is InChI=1S/C15H18N4O/c1-11-7-12(9-17-8-11)10-19(2)14-6-4-3-5-13(14)15(16)18-20/h3-9,20H,10H2,1-2H3,(H2,16,18). The Balaban J connectivity index is 2.28. The van der Waals surface area contributed by atoms with Crippen molar-refractivity contribution in [1.82, 2.24) is 4.98 Å². The molecule has 5 nitrogen and oxygen atoms in total. The number of hydrogen-bond donors (Lipinski definition) is 2. The molecule has 2 rings (SSSR count). The molecule has 0 radical (unpaired) electrons. The number of benzene rings is 1. The summed E-state index contributed by atoms with van der Waals surface area (Å²) in [6, 6.07) is 9.65. The third-order valence-corrected chi connectivity index (χ3v) is 3.05. The van der Waals surface area contributed by atoms with Crippen molar-refractivity contribution >= 4 is 11.5 Å². The van der Waals surface area contributed by atoms with Crippen LogP contribution >= 0.6 is 0 Å². The van der Waals surface area contributed by atoms with Gasteiger partial charge in [-0.1, -0.05) is 23.4 Å². The second kappa shape index (κ2) is 6.06. The van der Waals surface area contributed by atoms with Gasteiger partial charge >= 0.3 is 0 Å². The summed E-state index contributed by atoms with van der Waals surface area (Å²) in [6.07, 6.45) is 3.67. The van der Waals surface area contributed by atoms with E-state index in [-0.39, 0.29) is 5.84 Å². The number of rotatable bonds is 4. The second-order valence-electron chi connectivity index (χ2n) is 4.73. The van der Waals surface area contributed by atoms with Gasteiger partial charge in [-0.2, -0.15) is 0 Å². The maximum absolute atomic E-state index is 8.86. The highest BCUT2D eigenvalue weighted by atomic mass is 16.4. The Kier molecular flexibility index (Phi) is 4.20. The average Bonchev–Trinajstić information content (AvgIpc) is 2.46. The number of aromatic nitrogens is 1. The maximum atomic E-state index is 8.86. The van der Waals surface area contributed by atoms with Gasteiger partial charge < -0.3 is 15.8 Å². The summed E-state index contributed by atoms with van der Waals surface area (Å²) in [4.78, 5) is 6.24. The number of oxime groups is 1. The molecule has 0 spiro atoms. The van der Waals surface area contributed by atoms with Crippen LogP contribution in [0.1, 0.15) is 16.7 Å². The minimum absolute atomic E-state index is 0.106. The second-order valence-corrected chi connectivity index (χ2v) is 4.73. The van der Waals surface area contributed by atoms with Gasteiger partial charge in [0.15, 0.2) is 5.84 Å². The molecule has 0 bridgehead atoms. The third-order valence-electron chi connectivity index (χ3n) is 3.05. The first-order valence-corrected chi connectivity index (χ1v) is 6.30. The van der Waals surface area contributed by atoms with E-state index in [0.717, 1.165) is 16.8 Å². The van der Waals surface area contributed by atoms with Gasteiger partial charge in [0.2, 0.25) is 0 Å². The number of nitrogens with zero attached hydrogens (tertiary/aromatic N) is 3. The van der Waals surface area contributed by atoms with Crippen molar-refractivity contribution in [2.45, 2.75) is 13.5 Å². The van der Waals surface area contributed by atoms with Gasteiger partial charge in [-0.25, -0.2) is 0 Å². The van der Waals surface area contributed by atoms with Crippen LogP contribution < -0.4 is 10.6 Å². The quantitative estimate of drug-likeness (QED) is 0.386. The highest BCUT2D eigenvalue weighted by molar-refractivity contribution is 6.02. The van der Waals surface area contributed by atoms with Crippen LogP contribution in [0.4, 0.5) is 5.69 Å². The largest absolute Gasteiger partial charge is 0.409 e. The number of para-hydroxylation sites is 1. The van der Waals surface area contributed by atoms with E-state index in [4.69, 9.17) is 10.9 Å². The number of amidine groups is 1. The van der Waals surface area contributed by atoms with E-state index < -0.39 is 0 Å². The Bertz CT molecular complexity index is 625. The molecule has 0 amide bonds. The Morgan fingerprint density at radius 1 is 1.35 bits per heavy atom. The summed E-state index contributed by atoms with van der Waals surface area (Å²) >= 11 is 0. The average molecular weight is 270 g/mol. The predicted octanol–water partition coefficient (Wildman–Crippen LogP) is 2.12. The molecule has 20 heavy (non-hydrogen) atoms. The molecule has 3 N–H and O–H groups in total. The highest BCUT2D eigenvalue weighted by Crippen LogP contribution is 2.20. The van der Waals surface area contributed by atoms with Gasteiger partial charge in [-0.3, -0.25) is 4.98 Å². The minimum Gasteiger partial charge on any atom is -0.409 e. The van der Waals surface area contributed by atoms with Crippen molar-refractivity contribution in [3.8, 4) is 0 Å². The van der Waals surface area contributed by atoms with Crippen molar-refractivity contribution in [2.24, 2.45) is 10.9 Å². The predicted molar refractivity (Wildman–Crippen MR) is 80.0 cm³/mol. The van der Waals surface area contributed by atoms with E-state index in [2.05, 4.69) is 16.2 Å². The molecule has 0 aliphatic heterocycles. The Morgan fingerprint density at radius 2 is 2.10 bits per heavy atom. The summed E-state index contributed by atoms with van der Waals surface area (Å²) < 4.78 is 0. The number of hydrogen-bond acceptors (Lipinski definition) is 4. The van der Waals surface area contributed by atoms with E-state index in [9.17, 15) is 0 Å². The molecule has 0 unspecified atom stereocenters. The molecule has 0 fully saturated rings. The fourth-order valence-electron chi connectivity index (χ4n) is 2.14. The number of pyridine rings is 1. The summed E-state index contributed by atoms with van der Waals surface area (Å²) in [5.41, 5.74) is 9.56. The summed E-state index contributed by atoms with van der Waals surface area (Å²) in [6.45, 7) is 2.71. The fraction of sp³-hybridized carbons (Fsp3) is 0.200. The number of nitrogens with two attached hydrogens (primary N) is 1. The minimum atomic E-state index is 0.106. The molecular formula is C15H18N4O. The SMILES string of the molecule is Cc1cncc(CN(C)c2ccccc2/C(N)=N/O)c1. The zero-order valence-electron chi connectivity index (χ0n) is 11.6. The van der Waals surface area contributed by atoms with Crippen LogP contribution in [0.25, 0.3) is 0 Å². The highest BCUT2D eigenvalue weighted by Gasteiger charge is 2.10. The van der Waals surface area contributed by atoms with Crippen molar-refractivity contribution in [1.29, 1.82) is 0 Å². The lowest BCUT2D eigenvalue weighted by Crippen LogP contribution is -2.22. The van der Waals surface area contributed by atoms with Crippen molar-refractivity contribution in [3.05, 3.63) is 59.4 Å². The molecular weight excluding hydrogens is 252 g/mol. The number of anilines is 1. The Morgan fingerprint density at radius 3 is 2.80 bits per heavy atom. The van der Waals surface area contributed by atoms with E-state index >= 15 is 0 Å². The molecule has 104 valence electrons. The van der Waals surface area contributed by atoms with E-state index in [1.54, 1.807) is 0 Å². The summed E-state index contributed by atoms with van der Waals surface area (Å²) in [5.74, 6) is 0.106. The lowest BCUT2D eigenvalue weighted by molar-refractivity contribution is 0.318. The van der Waals surface area contributed by atoms with Crippen LogP contribution in [0.5, 0.6) is 0 Å². The van der Waals surface area contributed by atoms with Crippen molar-refractivity contribution in [3.63, 3.8) is 0 Å².